The largest absolute Gasteiger partial charge is 0.573 e. The van der Waals surface area contributed by atoms with Crippen molar-refractivity contribution in [1.82, 2.24) is 0 Å². The van der Waals surface area contributed by atoms with E-state index in [9.17, 15) is 13.2 Å². The molecule has 0 aliphatic rings. The van der Waals surface area contributed by atoms with Crippen molar-refractivity contribution >= 4 is 0 Å². The fraction of sp³-hybridized carbons (Fsp3) is 0.200. The summed E-state index contributed by atoms with van der Waals surface area (Å²) in [6.45, 7) is 1.78. The number of hydrogen-bond acceptors (Lipinski definition) is 2. The van der Waals surface area contributed by atoms with Crippen LogP contribution in [0.15, 0.2) is 48.5 Å². The van der Waals surface area contributed by atoms with Gasteiger partial charge in [0.25, 0.3) is 0 Å². The highest BCUT2D eigenvalue weighted by atomic mass is 19.4. The van der Waals surface area contributed by atoms with E-state index in [4.69, 9.17) is 5.73 Å². The van der Waals surface area contributed by atoms with Gasteiger partial charge in [-0.2, -0.15) is 0 Å². The van der Waals surface area contributed by atoms with Crippen LogP contribution in [0, 0.1) is 0 Å². The van der Waals surface area contributed by atoms with Gasteiger partial charge in [0, 0.05) is 11.6 Å². The van der Waals surface area contributed by atoms with E-state index < -0.39 is 6.36 Å². The molecule has 0 saturated heterocycles. The molecule has 0 heterocycles. The number of para-hydroxylation sites is 1. The lowest BCUT2D eigenvalue weighted by Crippen LogP contribution is -2.17. The molecular formula is C15H14F3NO. The van der Waals surface area contributed by atoms with Crippen molar-refractivity contribution in [3.05, 3.63) is 54.1 Å². The summed E-state index contributed by atoms with van der Waals surface area (Å²) in [5.41, 5.74) is 7.65. The lowest BCUT2D eigenvalue weighted by Gasteiger charge is -2.17. The molecule has 0 spiro atoms. The van der Waals surface area contributed by atoms with E-state index in [1.807, 2.05) is 0 Å². The first-order valence-corrected chi connectivity index (χ1v) is 6.08. The van der Waals surface area contributed by atoms with Crippen LogP contribution in [0.5, 0.6) is 5.75 Å². The zero-order valence-electron chi connectivity index (χ0n) is 10.8. The van der Waals surface area contributed by atoms with E-state index in [1.165, 1.54) is 12.1 Å². The molecule has 2 N–H and O–H groups in total. The molecule has 5 heteroatoms. The first-order chi connectivity index (χ1) is 9.38. The molecule has 0 fully saturated rings. The Bertz CT molecular complexity index is 594. The fourth-order valence-electron chi connectivity index (χ4n) is 2.04. The average molecular weight is 281 g/mol. The molecule has 0 aliphatic heterocycles. The van der Waals surface area contributed by atoms with Crippen LogP contribution in [0.1, 0.15) is 18.5 Å². The first-order valence-electron chi connectivity index (χ1n) is 6.08. The average Bonchev–Trinajstić information content (AvgIpc) is 2.37. The molecular weight excluding hydrogens is 267 g/mol. The van der Waals surface area contributed by atoms with Gasteiger partial charge in [0.05, 0.1) is 0 Å². The van der Waals surface area contributed by atoms with E-state index in [0.717, 1.165) is 5.56 Å². The van der Waals surface area contributed by atoms with Gasteiger partial charge in [-0.15, -0.1) is 13.2 Å². The van der Waals surface area contributed by atoms with Crippen LogP contribution in [0.2, 0.25) is 0 Å². The third kappa shape index (κ3) is 3.30. The van der Waals surface area contributed by atoms with Crippen LogP contribution in [0.25, 0.3) is 11.1 Å². The van der Waals surface area contributed by atoms with Gasteiger partial charge in [-0.05, 0) is 24.1 Å². The zero-order valence-corrected chi connectivity index (χ0v) is 10.8. The highest BCUT2D eigenvalue weighted by Crippen LogP contribution is 2.36. The molecule has 106 valence electrons. The molecule has 20 heavy (non-hydrogen) atoms. The third-order valence-corrected chi connectivity index (χ3v) is 2.85. The Labute approximate surface area is 115 Å². The van der Waals surface area contributed by atoms with E-state index in [1.54, 1.807) is 43.3 Å². The zero-order chi connectivity index (χ0) is 14.8. The van der Waals surface area contributed by atoms with Crippen LogP contribution in [-0.4, -0.2) is 6.36 Å². The van der Waals surface area contributed by atoms with Gasteiger partial charge in [0.2, 0.25) is 0 Å². The van der Waals surface area contributed by atoms with E-state index in [0.29, 0.717) is 11.1 Å². The van der Waals surface area contributed by atoms with Gasteiger partial charge in [-0.3, -0.25) is 0 Å². The summed E-state index contributed by atoms with van der Waals surface area (Å²) in [5.74, 6) is -0.229. The van der Waals surface area contributed by atoms with E-state index in [2.05, 4.69) is 4.74 Å². The Morgan fingerprint density at radius 3 is 2.10 bits per heavy atom. The SMILES string of the molecule is CC(N)c1ccccc1-c1ccccc1OC(F)(F)F. The summed E-state index contributed by atoms with van der Waals surface area (Å²) >= 11 is 0. The second kappa shape index (κ2) is 5.54. The molecule has 2 aromatic rings. The molecule has 0 amide bonds. The molecule has 1 unspecified atom stereocenters. The predicted molar refractivity (Wildman–Crippen MR) is 71.2 cm³/mol. The number of benzene rings is 2. The Morgan fingerprint density at radius 1 is 0.950 bits per heavy atom. The highest BCUT2D eigenvalue weighted by molar-refractivity contribution is 5.73. The summed E-state index contributed by atoms with van der Waals surface area (Å²) in [4.78, 5) is 0. The lowest BCUT2D eigenvalue weighted by atomic mass is 9.95. The maximum atomic E-state index is 12.4. The molecule has 0 saturated carbocycles. The van der Waals surface area contributed by atoms with Crippen molar-refractivity contribution in [2.75, 3.05) is 0 Å². The summed E-state index contributed by atoms with van der Waals surface area (Å²) in [6.07, 6.45) is -4.72. The minimum Gasteiger partial charge on any atom is -0.405 e. The lowest BCUT2D eigenvalue weighted by molar-refractivity contribution is -0.274. The molecule has 0 radical (unpaired) electrons. The van der Waals surface area contributed by atoms with Crippen LogP contribution in [0.4, 0.5) is 13.2 Å². The smallest absolute Gasteiger partial charge is 0.405 e. The molecule has 2 nitrogen and oxygen atoms in total. The number of hydrogen-bond donors (Lipinski definition) is 1. The van der Waals surface area contributed by atoms with Gasteiger partial charge in [0.1, 0.15) is 5.75 Å². The number of rotatable bonds is 3. The standard InChI is InChI=1S/C15H14F3NO/c1-10(19)11-6-2-3-7-12(11)13-8-4-5-9-14(13)20-15(16,17)18/h2-10H,19H2,1H3. The molecule has 0 aliphatic carbocycles. The van der Waals surface area contributed by atoms with Gasteiger partial charge in [-0.25, -0.2) is 0 Å². The maximum absolute atomic E-state index is 12.4. The van der Waals surface area contributed by atoms with Crippen molar-refractivity contribution in [2.45, 2.75) is 19.3 Å². The third-order valence-electron chi connectivity index (χ3n) is 2.85. The minimum atomic E-state index is -4.72. The first kappa shape index (κ1) is 14.4. The number of nitrogens with two attached hydrogens (primary N) is 1. The van der Waals surface area contributed by atoms with E-state index >= 15 is 0 Å². The summed E-state index contributed by atoms with van der Waals surface area (Å²) in [7, 11) is 0. The number of ether oxygens (including phenoxy) is 1. The van der Waals surface area contributed by atoms with Crippen molar-refractivity contribution in [3.8, 4) is 16.9 Å². The van der Waals surface area contributed by atoms with Crippen LogP contribution < -0.4 is 10.5 Å². The Kier molecular flexibility index (Phi) is 3.99. The molecule has 1 atom stereocenters. The van der Waals surface area contributed by atoms with Gasteiger partial charge in [0.15, 0.2) is 0 Å². The van der Waals surface area contributed by atoms with Crippen LogP contribution in [0.3, 0.4) is 0 Å². The molecule has 2 aromatic carbocycles. The van der Waals surface area contributed by atoms with Crippen molar-refractivity contribution in [3.63, 3.8) is 0 Å². The van der Waals surface area contributed by atoms with E-state index in [-0.39, 0.29) is 11.8 Å². The van der Waals surface area contributed by atoms with Crippen molar-refractivity contribution < 1.29 is 17.9 Å². The highest BCUT2D eigenvalue weighted by Gasteiger charge is 2.32. The quantitative estimate of drug-likeness (QED) is 0.911. The second-order valence-electron chi connectivity index (χ2n) is 4.42. The Hall–Kier alpha value is -2.01. The number of halogens is 3. The Morgan fingerprint density at radius 2 is 1.50 bits per heavy atom. The van der Waals surface area contributed by atoms with Crippen LogP contribution >= 0.6 is 0 Å². The van der Waals surface area contributed by atoms with Crippen LogP contribution in [-0.2, 0) is 0 Å². The fourth-order valence-corrected chi connectivity index (χ4v) is 2.04. The van der Waals surface area contributed by atoms with Crippen molar-refractivity contribution in [2.24, 2.45) is 5.73 Å². The topological polar surface area (TPSA) is 35.2 Å². The Balaban J connectivity index is 2.54. The maximum Gasteiger partial charge on any atom is 0.573 e. The predicted octanol–water partition coefficient (Wildman–Crippen LogP) is 4.27. The molecule has 2 rings (SSSR count). The normalized spacial score (nSPS) is 13.1. The second-order valence-corrected chi connectivity index (χ2v) is 4.42. The monoisotopic (exact) mass is 281 g/mol. The molecule has 0 bridgehead atoms. The number of alkyl halides is 3. The minimum absolute atomic E-state index is 0.229. The summed E-state index contributed by atoms with van der Waals surface area (Å²) in [5, 5.41) is 0. The van der Waals surface area contributed by atoms with Gasteiger partial charge in [-0.1, -0.05) is 42.5 Å². The summed E-state index contributed by atoms with van der Waals surface area (Å²) < 4.78 is 41.4. The summed E-state index contributed by atoms with van der Waals surface area (Å²) in [6, 6.07) is 12.8. The van der Waals surface area contributed by atoms with Gasteiger partial charge < -0.3 is 10.5 Å². The van der Waals surface area contributed by atoms with Crippen molar-refractivity contribution in [1.29, 1.82) is 0 Å². The molecule has 0 aromatic heterocycles. The van der Waals surface area contributed by atoms with Gasteiger partial charge >= 0.3 is 6.36 Å².